The first kappa shape index (κ1) is 18.8. The van der Waals surface area contributed by atoms with Crippen molar-refractivity contribution in [1.29, 1.82) is 0 Å². The van der Waals surface area contributed by atoms with Gasteiger partial charge in [0.2, 0.25) is 0 Å². The fourth-order valence-corrected chi connectivity index (χ4v) is 3.71. The van der Waals surface area contributed by atoms with E-state index in [0.717, 1.165) is 11.1 Å². The highest BCUT2D eigenvalue weighted by atomic mass is 32.2. The van der Waals surface area contributed by atoms with Gasteiger partial charge in [0.15, 0.2) is 0 Å². The number of ketones is 1. The number of carbonyl (C=O) groups is 1. The lowest BCUT2D eigenvalue weighted by Crippen LogP contribution is -2.13. The third-order valence-corrected chi connectivity index (χ3v) is 5.47. The Labute approximate surface area is 159 Å². The van der Waals surface area contributed by atoms with E-state index in [4.69, 9.17) is 0 Å². The van der Waals surface area contributed by atoms with Gasteiger partial charge in [-0.05, 0) is 47.9 Å². The van der Waals surface area contributed by atoms with Gasteiger partial charge in [0.1, 0.15) is 5.78 Å². The molecule has 3 aromatic rings. The third-order valence-electron chi connectivity index (χ3n) is 4.08. The fourth-order valence-electron chi connectivity index (χ4n) is 2.65. The summed E-state index contributed by atoms with van der Waals surface area (Å²) in [5.41, 5.74) is 2.33. The van der Waals surface area contributed by atoms with Crippen molar-refractivity contribution >= 4 is 21.5 Å². The molecular weight excluding hydrogens is 360 g/mol. The molecule has 1 N–H and O–H groups in total. The summed E-state index contributed by atoms with van der Waals surface area (Å²) < 4.78 is 27.4. The zero-order valence-electron chi connectivity index (χ0n) is 14.7. The quantitative estimate of drug-likeness (QED) is 0.647. The van der Waals surface area contributed by atoms with Crippen LogP contribution in [0, 0.1) is 0 Å². The Morgan fingerprint density at radius 3 is 2.30 bits per heavy atom. The molecule has 6 heteroatoms. The topological polar surface area (TPSA) is 76.1 Å². The first-order chi connectivity index (χ1) is 13.0. The van der Waals surface area contributed by atoms with Crippen molar-refractivity contribution in [2.75, 3.05) is 4.72 Å². The van der Waals surface area contributed by atoms with E-state index in [2.05, 4.69) is 9.71 Å². The molecule has 0 aliphatic heterocycles. The molecule has 0 radical (unpaired) electrons. The van der Waals surface area contributed by atoms with E-state index in [9.17, 15) is 13.2 Å². The number of para-hydroxylation sites is 1. The summed E-state index contributed by atoms with van der Waals surface area (Å²) in [6.07, 6.45) is 4.83. The van der Waals surface area contributed by atoms with Crippen molar-refractivity contribution in [3.63, 3.8) is 0 Å². The van der Waals surface area contributed by atoms with E-state index < -0.39 is 10.0 Å². The van der Waals surface area contributed by atoms with Crippen molar-refractivity contribution < 1.29 is 13.2 Å². The maximum Gasteiger partial charge on any atom is 0.261 e. The minimum Gasteiger partial charge on any atom is -0.299 e. The molecule has 0 unspecified atom stereocenters. The van der Waals surface area contributed by atoms with Gasteiger partial charge in [-0.3, -0.25) is 14.5 Å². The lowest BCUT2D eigenvalue weighted by atomic mass is 10.0. The number of sulfonamides is 1. The van der Waals surface area contributed by atoms with Crippen LogP contribution in [0.25, 0.3) is 0 Å². The molecule has 0 aliphatic carbocycles. The Kier molecular flexibility index (Phi) is 5.98. The van der Waals surface area contributed by atoms with E-state index in [-0.39, 0.29) is 17.1 Å². The van der Waals surface area contributed by atoms with Crippen LogP contribution in [0.2, 0.25) is 0 Å². The van der Waals surface area contributed by atoms with Gasteiger partial charge in [-0.2, -0.15) is 0 Å². The second-order valence-electron chi connectivity index (χ2n) is 6.19. The standard InChI is InChI=1S/C21H20N2O3S/c24-20(11-8-18-5-4-14-22-16-18)15-17-9-12-21(13-10-17)27(25,26)23-19-6-2-1-3-7-19/h1-7,9-10,12-14,16,23H,8,11,15H2. The molecule has 0 saturated heterocycles. The average Bonchev–Trinajstić information content (AvgIpc) is 2.68. The average molecular weight is 380 g/mol. The number of benzene rings is 2. The van der Waals surface area contributed by atoms with Crippen molar-refractivity contribution in [2.24, 2.45) is 0 Å². The predicted molar refractivity (Wildman–Crippen MR) is 105 cm³/mol. The van der Waals surface area contributed by atoms with Gasteiger partial charge in [-0.1, -0.05) is 36.4 Å². The molecule has 0 saturated carbocycles. The number of hydrogen-bond acceptors (Lipinski definition) is 4. The summed E-state index contributed by atoms with van der Waals surface area (Å²) in [6.45, 7) is 0. The second kappa shape index (κ2) is 8.60. The van der Waals surface area contributed by atoms with Crippen LogP contribution < -0.4 is 4.72 Å². The number of Topliss-reactive ketones (excluding diaryl/α,β-unsaturated/α-hetero) is 1. The minimum atomic E-state index is -3.65. The molecular formula is C21H20N2O3S. The van der Waals surface area contributed by atoms with Crippen LogP contribution in [0.5, 0.6) is 0 Å². The van der Waals surface area contributed by atoms with E-state index in [1.54, 1.807) is 48.8 Å². The summed E-state index contributed by atoms with van der Waals surface area (Å²) in [4.78, 5) is 16.4. The van der Waals surface area contributed by atoms with Crippen LogP contribution in [0.1, 0.15) is 17.5 Å². The molecule has 0 bridgehead atoms. The summed E-state index contributed by atoms with van der Waals surface area (Å²) in [7, 11) is -3.65. The molecule has 138 valence electrons. The molecule has 2 aromatic carbocycles. The largest absolute Gasteiger partial charge is 0.299 e. The smallest absolute Gasteiger partial charge is 0.261 e. The Morgan fingerprint density at radius 2 is 1.63 bits per heavy atom. The summed E-state index contributed by atoms with van der Waals surface area (Å²) in [5.74, 6) is 0.108. The number of nitrogens with one attached hydrogen (secondary N) is 1. The van der Waals surface area contributed by atoms with Gasteiger partial charge >= 0.3 is 0 Å². The molecule has 0 spiro atoms. The van der Waals surface area contributed by atoms with Crippen molar-refractivity contribution in [3.05, 3.63) is 90.3 Å². The van der Waals surface area contributed by atoms with Gasteiger partial charge in [0.05, 0.1) is 4.90 Å². The zero-order valence-corrected chi connectivity index (χ0v) is 15.5. The van der Waals surface area contributed by atoms with E-state index in [1.807, 2.05) is 18.2 Å². The number of hydrogen-bond donors (Lipinski definition) is 1. The van der Waals surface area contributed by atoms with Crippen molar-refractivity contribution in [3.8, 4) is 0 Å². The normalized spacial score (nSPS) is 11.1. The van der Waals surface area contributed by atoms with Crippen LogP contribution >= 0.6 is 0 Å². The molecule has 1 aromatic heterocycles. The van der Waals surface area contributed by atoms with Crippen LogP contribution in [0.15, 0.2) is 84.0 Å². The van der Waals surface area contributed by atoms with Gasteiger partial charge in [0.25, 0.3) is 10.0 Å². The van der Waals surface area contributed by atoms with Gasteiger partial charge in [-0.25, -0.2) is 8.42 Å². The maximum absolute atomic E-state index is 12.4. The predicted octanol–water partition coefficient (Wildman–Crippen LogP) is 3.63. The molecule has 0 amide bonds. The van der Waals surface area contributed by atoms with E-state index >= 15 is 0 Å². The molecule has 0 fully saturated rings. The highest BCUT2D eigenvalue weighted by molar-refractivity contribution is 7.92. The molecule has 5 nitrogen and oxygen atoms in total. The number of rotatable bonds is 8. The SMILES string of the molecule is O=C(CCc1cccnc1)Cc1ccc(S(=O)(=O)Nc2ccccc2)cc1. The number of pyridine rings is 1. The van der Waals surface area contributed by atoms with E-state index in [1.165, 1.54) is 12.1 Å². The Morgan fingerprint density at radius 1 is 0.889 bits per heavy atom. The molecule has 3 rings (SSSR count). The number of aromatic nitrogens is 1. The van der Waals surface area contributed by atoms with Crippen LogP contribution in [0.4, 0.5) is 5.69 Å². The highest BCUT2D eigenvalue weighted by Crippen LogP contribution is 2.17. The number of aryl methyl sites for hydroxylation is 1. The summed E-state index contributed by atoms with van der Waals surface area (Å²) in [6, 6.07) is 18.9. The Balaban J connectivity index is 1.59. The van der Waals surface area contributed by atoms with Crippen LogP contribution in [-0.2, 0) is 27.7 Å². The van der Waals surface area contributed by atoms with Gasteiger partial charge in [-0.15, -0.1) is 0 Å². The number of nitrogens with zero attached hydrogens (tertiary/aromatic N) is 1. The number of carbonyl (C=O) groups excluding carboxylic acids is 1. The molecule has 27 heavy (non-hydrogen) atoms. The lowest BCUT2D eigenvalue weighted by Gasteiger charge is -2.08. The minimum absolute atomic E-state index is 0.108. The van der Waals surface area contributed by atoms with Crippen LogP contribution in [0.3, 0.4) is 0 Å². The molecule has 0 aliphatic rings. The zero-order chi connectivity index (χ0) is 19.1. The fraction of sp³-hybridized carbons (Fsp3) is 0.143. The monoisotopic (exact) mass is 380 g/mol. The second-order valence-corrected chi connectivity index (χ2v) is 7.87. The Hall–Kier alpha value is -2.99. The Bertz CT molecular complexity index is 987. The highest BCUT2D eigenvalue weighted by Gasteiger charge is 2.14. The third kappa shape index (κ3) is 5.49. The van der Waals surface area contributed by atoms with E-state index in [0.29, 0.717) is 18.5 Å². The maximum atomic E-state index is 12.4. The first-order valence-electron chi connectivity index (χ1n) is 8.60. The first-order valence-corrected chi connectivity index (χ1v) is 10.1. The lowest BCUT2D eigenvalue weighted by molar-refractivity contribution is -0.118. The van der Waals surface area contributed by atoms with Gasteiger partial charge < -0.3 is 0 Å². The molecule has 1 heterocycles. The van der Waals surface area contributed by atoms with Crippen molar-refractivity contribution in [2.45, 2.75) is 24.2 Å². The van der Waals surface area contributed by atoms with Gasteiger partial charge in [0, 0.05) is 30.9 Å². The summed E-state index contributed by atoms with van der Waals surface area (Å²) >= 11 is 0. The van der Waals surface area contributed by atoms with Crippen LogP contribution in [-0.4, -0.2) is 19.2 Å². The molecule has 0 atom stereocenters. The number of anilines is 1. The van der Waals surface area contributed by atoms with Crippen molar-refractivity contribution in [1.82, 2.24) is 4.98 Å². The summed E-state index contributed by atoms with van der Waals surface area (Å²) in [5, 5.41) is 0.